The van der Waals surface area contributed by atoms with Crippen LogP contribution in [0.25, 0.3) is 117 Å². The summed E-state index contributed by atoms with van der Waals surface area (Å²) in [4.78, 5) is 15.1. The molecule has 1 aliphatic carbocycles. The molecule has 1 aliphatic rings. The summed E-state index contributed by atoms with van der Waals surface area (Å²) in [6.07, 6.45) is 0. The van der Waals surface area contributed by atoms with Crippen molar-refractivity contribution in [2.45, 2.75) is 0 Å². The second-order valence-corrected chi connectivity index (χ2v) is 13.5. The topological polar surface area (TPSA) is 56.7 Å². The van der Waals surface area contributed by atoms with Gasteiger partial charge in [-0.2, -0.15) is 0 Å². The molecular formula is C49H28N4O. The van der Waals surface area contributed by atoms with Crippen molar-refractivity contribution in [1.82, 2.24) is 19.5 Å². The Morgan fingerprint density at radius 2 is 1.04 bits per heavy atom. The summed E-state index contributed by atoms with van der Waals surface area (Å²) >= 11 is 0. The molecule has 5 heteroatoms. The maximum absolute atomic E-state index is 8.94. The fourth-order valence-electron chi connectivity index (χ4n) is 8.50. The van der Waals surface area contributed by atoms with Crippen LogP contribution in [0.3, 0.4) is 0 Å². The predicted molar refractivity (Wildman–Crippen MR) is 220 cm³/mol. The van der Waals surface area contributed by atoms with Gasteiger partial charge in [-0.05, 0) is 69.4 Å². The van der Waals surface area contributed by atoms with Crippen molar-refractivity contribution < 1.29 is 11.3 Å². The number of rotatable bonds is 4. The minimum absolute atomic E-state index is 0.0345. The number of para-hydroxylation sites is 2. The Labute approximate surface area is 316 Å². The van der Waals surface area contributed by atoms with Gasteiger partial charge in [-0.15, -0.1) is 0 Å². The van der Waals surface area contributed by atoms with Gasteiger partial charge < -0.3 is 8.98 Å². The number of hydrogen-bond acceptors (Lipinski definition) is 4. The van der Waals surface area contributed by atoms with Gasteiger partial charge in [0, 0.05) is 38.2 Å². The molecule has 3 aromatic heterocycles. The molecule has 54 heavy (non-hydrogen) atoms. The van der Waals surface area contributed by atoms with Crippen molar-refractivity contribution in [2.24, 2.45) is 0 Å². The zero-order valence-corrected chi connectivity index (χ0v) is 28.5. The van der Waals surface area contributed by atoms with E-state index in [0.29, 0.717) is 22.3 Å². The monoisotopic (exact) mass is 693 g/mol. The highest BCUT2D eigenvalue weighted by Crippen LogP contribution is 2.50. The van der Waals surface area contributed by atoms with Gasteiger partial charge in [-0.1, -0.05) is 133 Å². The number of hydrogen-bond donors (Lipinski definition) is 0. The van der Waals surface area contributed by atoms with E-state index in [1.807, 2.05) is 60.7 Å². The van der Waals surface area contributed by atoms with E-state index >= 15 is 0 Å². The van der Waals surface area contributed by atoms with E-state index in [4.69, 9.17) is 26.2 Å². The first-order valence-corrected chi connectivity index (χ1v) is 17.8. The molecular weight excluding hydrogens is 661 g/mol. The van der Waals surface area contributed by atoms with Crippen molar-refractivity contribution in [3.8, 4) is 62.1 Å². The lowest BCUT2D eigenvalue weighted by molar-refractivity contribution is 0.669. The molecule has 12 rings (SSSR count). The van der Waals surface area contributed by atoms with Gasteiger partial charge in [0.15, 0.2) is 17.5 Å². The molecule has 3 heterocycles. The van der Waals surface area contributed by atoms with E-state index in [9.17, 15) is 0 Å². The van der Waals surface area contributed by atoms with Gasteiger partial charge in [0.05, 0.1) is 23.6 Å². The van der Waals surface area contributed by atoms with E-state index in [2.05, 4.69) is 83.4 Å². The predicted octanol–water partition coefficient (Wildman–Crippen LogP) is 12.7. The average molecular weight is 694 g/mol. The molecule has 0 aliphatic heterocycles. The molecule has 0 saturated heterocycles. The lowest BCUT2D eigenvalue weighted by atomic mass is 9.93. The first-order valence-electron chi connectivity index (χ1n) is 20.3. The summed E-state index contributed by atoms with van der Waals surface area (Å²) in [5, 5.41) is 6.32. The average Bonchev–Trinajstić information content (AvgIpc) is 3.80. The first-order chi connectivity index (χ1) is 28.9. The number of nitrogens with zero attached hydrogens (tertiary/aromatic N) is 4. The molecule has 0 fully saturated rings. The summed E-state index contributed by atoms with van der Waals surface area (Å²) < 4.78 is 51.8. The molecule has 11 aromatic rings. The van der Waals surface area contributed by atoms with Crippen molar-refractivity contribution in [2.75, 3.05) is 0 Å². The highest BCUT2D eigenvalue weighted by molar-refractivity contribution is 6.30. The van der Waals surface area contributed by atoms with E-state index in [1.54, 1.807) is 0 Å². The summed E-state index contributed by atoms with van der Waals surface area (Å²) in [5.74, 6) is 0.518. The van der Waals surface area contributed by atoms with Crippen LogP contribution in [0.1, 0.15) is 6.85 Å². The smallest absolute Gasteiger partial charge is 0.166 e. The molecule has 0 spiro atoms. The summed E-state index contributed by atoms with van der Waals surface area (Å²) in [7, 11) is 0. The van der Waals surface area contributed by atoms with Crippen LogP contribution in [-0.2, 0) is 0 Å². The fourth-order valence-corrected chi connectivity index (χ4v) is 8.50. The molecule has 0 saturated carbocycles. The molecule has 0 N–H and O–H groups in total. The quantitative estimate of drug-likeness (QED) is 0.184. The number of aromatic nitrogens is 4. The molecule has 0 radical (unpaired) electrons. The zero-order chi connectivity index (χ0) is 39.7. The van der Waals surface area contributed by atoms with Gasteiger partial charge in [-0.3, -0.25) is 0 Å². The second-order valence-electron chi connectivity index (χ2n) is 13.5. The highest BCUT2D eigenvalue weighted by atomic mass is 16.3. The number of benzene rings is 8. The molecule has 5 nitrogen and oxygen atoms in total. The molecule has 0 atom stereocenters. The third-order valence-electron chi connectivity index (χ3n) is 10.7. The second kappa shape index (κ2) is 11.1. The van der Waals surface area contributed by atoms with E-state index in [0.717, 1.165) is 49.2 Å². The van der Waals surface area contributed by atoms with Crippen molar-refractivity contribution in [3.05, 3.63) is 170 Å². The maximum atomic E-state index is 8.94. The van der Waals surface area contributed by atoms with Gasteiger partial charge >= 0.3 is 0 Å². The highest BCUT2D eigenvalue weighted by Gasteiger charge is 2.26. The van der Waals surface area contributed by atoms with Gasteiger partial charge in [0.2, 0.25) is 0 Å². The Kier molecular flexibility index (Phi) is 5.07. The first kappa shape index (κ1) is 24.8. The van der Waals surface area contributed by atoms with E-state index in [1.165, 1.54) is 22.1 Å². The Hall–Kier alpha value is -7.37. The summed E-state index contributed by atoms with van der Waals surface area (Å²) in [5.41, 5.74) is 10.1. The van der Waals surface area contributed by atoms with Crippen LogP contribution < -0.4 is 0 Å². The van der Waals surface area contributed by atoms with Gasteiger partial charge in [-0.25, -0.2) is 15.0 Å². The van der Waals surface area contributed by atoms with Crippen molar-refractivity contribution in [1.29, 1.82) is 0 Å². The maximum Gasteiger partial charge on any atom is 0.166 e. The third-order valence-corrected chi connectivity index (χ3v) is 10.7. The molecule has 0 amide bonds. The molecule has 8 aromatic carbocycles. The minimum atomic E-state index is -0.490. The van der Waals surface area contributed by atoms with Crippen molar-refractivity contribution in [3.63, 3.8) is 0 Å². The Morgan fingerprint density at radius 1 is 0.426 bits per heavy atom. The van der Waals surface area contributed by atoms with Crippen LogP contribution in [0.5, 0.6) is 0 Å². The lowest BCUT2D eigenvalue weighted by Crippen LogP contribution is -2.03. The van der Waals surface area contributed by atoms with Crippen LogP contribution in [0.2, 0.25) is 0 Å². The van der Waals surface area contributed by atoms with Crippen LogP contribution in [0, 0.1) is 0 Å². The molecule has 250 valence electrons. The van der Waals surface area contributed by atoms with E-state index < -0.39 is 30.2 Å². The van der Waals surface area contributed by atoms with Crippen LogP contribution in [0.15, 0.2) is 174 Å². The number of furan rings is 1. The minimum Gasteiger partial charge on any atom is -0.456 e. The third kappa shape index (κ3) is 4.06. The van der Waals surface area contributed by atoms with Gasteiger partial charge in [0.25, 0.3) is 0 Å². The fraction of sp³-hybridized carbons (Fsp3) is 0. The Bertz CT molecular complexity index is 3620. The SMILES string of the molecule is [2H]c1c([2H])c([2H])c(-c2nc(-c3ccccc3-n3c4cccc5c4c4c6c(cccc6ccc43)-c3ccccc3-5)nc(-c3cccc4oc5ccccc5c34)n2)c([2H])c1[2H]. The largest absolute Gasteiger partial charge is 0.456 e. The summed E-state index contributed by atoms with van der Waals surface area (Å²) in [6.45, 7) is 0. The summed E-state index contributed by atoms with van der Waals surface area (Å²) in [6, 6.07) is 45.1. The zero-order valence-electron chi connectivity index (χ0n) is 33.5. The Morgan fingerprint density at radius 3 is 1.89 bits per heavy atom. The van der Waals surface area contributed by atoms with E-state index in [-0.39, 0.29) is 23.0 Å². The number of fused-ring (bicyclic) bond motifs is 6. The van der Waals surface area contributed by atoms with Crippen LogP contribution >= 0.6 is 0 Å². The lowest BCUT2D eigenvalue weighted by Gasteiger charge is -2.16. The van der Waals surface area contributed by atoms with Crippen LogP contribution in [-0.4, -0.2) is 19.5 Å². The van der Waals surface area contributed by atoms with Gasteiger partial charge in [0.1, 0.15) is 11.2 Å². The molecule has 0 unspecified atom stereocenters. The normalized spacial score (nSPS) is 13.4. The van der Waals surface area contributed by atoms with Crippen LogP contribution in [0.4, 0.5) is 0 Å². The van der Waals surface area contributed by atoms with Crippen molar-refractivity contribution >= 4 is 54.5 Å². The standard InChI is InChI=1S/C49H28N4O/c1-2-13-30(14-3-1)47-50-48(52-49(51-47)37-22-12-26-42-44(37)36-19-7-9-25-41(36)54-42)35-18-6-8-23-38(35)53-39-24-11-21-34-32-17-5-4-16-31(32)33-20-10-15-29-27-28-40(53)46(43(29)33)45(34)39/h1-28H/i1D,2D,3D,13D,14D. The Balaban J connectivity index is 1.19. The molecule has 0 bridgehead atoms.